The lowest BCUT2D eigenvalue weighted by molar-refractivity contribution is -0.147. The van der Waals surface area contributed by atoms with Gasteiger partial charge in [-0.05, 0) is 43.0 Å². The first-order chi connectivity index (χ1) is 17.6. The van der Waals surface area contributed by atoms with E-state index in [4.69, 9.17) is 16.3 Å². The van der Waals surface area contributed by atoms with Crippen LogP contribution in [0.25, 0.3) is 0 Å². The third-order valence-corrected chi connectivity index (χ3v) is 8.32. The molecular formula is C28H36ClN3O5. The fourth-order valence-corrected chi connectivity index (χ4v) is 6.51. The summed E-state index contributed by atoms with van der Waals surface area (Å²) >= 11 is 6.09. The second kappa shape index (κ2) is 10.6. The first-order valence-corrected chi connectivity index (χ1v) is 13.1. The Balaban J connectivity index is 1.82. The zero-order valence-corrected chi connectivity index (χ0v) is 22.4. The number of hydrogen-bond donors (Lipinski definition) is 1. The molecule has 3 fully saturated rings. The van der Waals surface area contributed by atoms with Gasteiger partial charge in [-0.3, -0.25) is 14.4 Å². The molecule has 1 spiro atoms. The van der Waals surface area contributed by atoms with Crippen molar-refractivity contribution in [2.75, 3.05) is 31.6 Å². The topological polar surface area (TPSA) is 90.4 Å². The van der Waals surface area contributed by atoms with E-state index in [1.54, 1.807) is 53.3 Å². The van der Waals surface area contributed by atoms with Crippen LogP contribution in [0.5, 0.6) is 0 Å². The first-order valence-electron chi connectivity index (χ1n) is 12.8. The van der Waals surface area contributed by atoms with Gasteiger partial charge in [0.15, 0.2) is 0 Å². The highest BCUT2D eigenvalue weighted by Gasteiger charge is 2.75. The van der Waals surface area contributed by atoms with Gasteiger partial charge >= 0.3 is 0 Å². The number of carbonyl (C=O) groups is 3. The van der Waals surface area contributed by atoms with Crippen molar-refractivity contribution in [3.8, 4) is 0 Å². The monoisotopic (exact) mass is 529 g/mol. The Kier molecular flexibility index (Phi) is 7.83. The van der Waals surface area contributed by atoms with Gasteiger partial charge in [0.25, 0.3) is 5.91 Å². The maximum Gasteiger partial charge on any atom is 0.253 e. The first kappa shape index (κ1) is 27.4. The summed E-state index contributed by atoms with van der Waals surface area (Å²) in [5, 5.41) is 10.9. The van der Waals surface area contributed by atoms with Crippen LogP contribution in [-0.2, 0) is 19.1 Å². The molecule has 1 N–H and O–H groups in total. The van der Waals surface area contributed by atoms with Gasteiger partial charge in [0.1, 0.15) is 11.6 Å². The summed E-state index contributed by atoms with van der Waals surface area (Å²) in [6, 6.07) is 5.29. The lowest BCUT2D eigenvalue weighted by Gasteiger charge is -2.40. The molecule has 9 heteroatoms. The predicted octanol–water partition coefficient (Wildman–Crippen LogP) is 2.89. The number of benzene rings is 1. The van der Waals surface area contributed by atoms with Gasteiger partial charge in [0, 0.05) is 30.8 Å². The number of nitrogens with zero attached hydrogens (tertiary/aromatic N) is 3. The van der Waals surface area contributed by atoms with E-state index < -0.39 is 35.6 Å². The highest BCUT2D eigenvalue weighted by atomic mass is 35.5. The standard InChI is InChI=1S/C28H36ClN3O5/c1-6-14-30(5)25(34)22-21-12-13-28(37-21)23(22)26(35)32(20(16-33)17(3)4)24(28)27(36)31(15-7-2)19-10-8-18(29)9-11-19/h6-11,17,20-24,33H,1-2,12-16H2,3-5H3/t20-,21+,22-,23-,24?,28?/m0/s1. The minimum absolute atomic E-state index is 0.127. The smallest absolute Gasteiger partial charge is 0.253 e. The molecule has 6 atom stereocenters. The molecule has 2 bridgehead atoms. The lowest BCUT2D eigenvalue weighted by Crippen LogP contribution is -2.59. The summed E-state index contributed by atoms with van der Waals surface area (Å²) in [5.41, 5.74) is -0.542. The van der Waals surface area contributed by atoms with Crippen molar-refractivity contribution in [3.63, 3.8) is 0 Å². The summed E-state index contributed by atoms with van der Waals surface area (Å²) in [5.74, 6) is -2.45. The number of aliphatic hydroxyl groups excluding tert-OH is 1. The number of halogens is 1. The maximum atomic E-state index is 14.4. The van der Waals surface area contributed by atoms with Crippen LogP contribution < -0.4 is 4.90 Å². The third-order valence-electron chi connectivity index (χ3n) is 8.07. The van der Waals surface area contributed by atoms with Gasteiger partial charge in [-0.25, -0.2) is 0 Å². The molecule has 37 heavy (non-hydrogen) atoms. The molecule has 3 heterocycles. The molecule has 0 aromatic heterocycles. The molecule has 1 aromatic carbocycles. The molecule has 3 amide bonds. The van der Waals surface area contributed by atoms with E-state index in [1.807, 2.05) is 13.8 Å². The number of likely N-dealkylation sites (N-methyl/N-ethyl adjacent to an activating group) is 1. The Morgan fingerprint density at radius 3 is 2.43 bits per heavy atom. The van der Waals surface area contributed by atoms with Crippen LogP contribution in [-0.4, -0.2) is 83.2 Å². The van der Waals surface area contributed by atoms with E-state index >= 15 is 0 Å². The molecule has 4 rings (SSSR count). The average Bonchev–Trinajstić information content (AvgIpc) is 3.51. The quantitative estimate of drug-likeness (QED) is 0.471. The minimum Gasteiger partial charge on any atom is -0.394 e. The maximum absolute atomic E-state index is 14.4. The second-order valence-corrected chi connectivity index (χ2v) is 11.0. The van der Waals surface area contributed by atoms with Crippen LogP contribution in [0.2, 0.25) is 5.02 Å². The SMILES string of the molecule is C=CCN(C)C(=O)[C@@H]1[C@H]2C(=O)N([C@@H](CO)C(C)C)C(C(=O)N(CC=C)c3ccc(Cl)cc3)C23CC[C@H]1O3. The highest BCUT2D eigenvalue weighted by molar-refractivity contribution is 6.30. The number of aliphatic hydroxyl groups is 1. The Labute approximate surface area is 223 Å². The summed E-state index contributed by atoms with van der Waals surface area (Å²) in [7, 11) is 1.68. The van der Waals surface area contributed by atoms with E-state index in [2.05, 4.69) is 13.2 Å². The number of anilines is 1. The summed E-state index contributed by atoms with van der Waals surface area (Å²) in [6.45, 7) is 11.6. The lowest BCUT2D eigenvalue weighted by atomic mass is 9.70. The van der Waals surface area contributed by atoms with E-state index in [-0.39, 0.29) is 36.8 Å². The summed E-state index contributed by atoms with van der Waals surface area (Å²) < 4.78 is 6.53. The predicted molar refractivity (Wildman–Crippen MR) is 142 cm³/mol. The van der Waals surface area contributed by atoms with Crippen LogP contribution in [0, 0.1) is 17.8 Å². The minimum atomic E-state index is -1.15. The fourth-order valence-electron chi connectivity index (χ4n) is 6.39. The van der Waals surface area contributed by atoms with Gasteiger partial charge in [-0.2, -0.15) is 0 Å². The Bertz CT molecular complexity index is 1080. The molecule has 8 nitrogen and oxygen atoms in total. The molecule has 3 aliphatic rings. The largest absolute Gasteiger partial charge is 0.394 e. The van der Waals surface area contributed by atoms with Crippen molar-refractivity contribution >= 4 is 35.0 Å². The Hall–Kier alpha value is -2.68. The number of likely N-dealkylation sites (tertiary alicyclic amines) is 1. The van der Waals surface area contributed by atoms with Crippen LogP contribution in [0.1, 0.15) is 26.7 Å². The zero-order valence-electron chi connectivity index (χ0n) is 21.7. The number of hydrogen-bond acceptors (Lipinski definition) is 5. The van der Waals surface area contributed by atoms with Crippen molar-refractivity contribution in [3.05, 3.63) is 54.6 Å². The van der Waals surface area contributed by atoms with Crippen molar-refractivity contribution in [1.82, 2.24) is 9.80 Å². The van der Waals surface area contributed by atoms with E-state index in [1.165, 1.54) is 4.90 Å². The van der Waals surface area contributed by atoms with Gasteiger partial charge in [0.2, 0.25) is 11.8 Å². The molecule has 0 aliphatic carbocycles. The molecule has 3 saturated heterocycles. The molecule has 200 valence electrons. The Morgan fingerprint density at radius 1 is 1.22 bits per heavy atom. The van der Waals surface area contributed by atoms with Crippen molar-refractivity contribution < 1.29 is 24.2 Å². The van der Waals surface area contributed by atoms with Crippen molar-refractivity contribution in [2.24, 2.45) is 17.8 Å². The number of amides is 3. The van der Waals surface area contributed by atoms with Crippen LogP contribution in [0.4, 0.5) is 5.69 Å². The number of fused-ring (bicyclic) bond motifs is 1. The molecule has 3 aliphatic heterocycles. The third kappa shape index (κ3) is 4.39. The summed E-state index contributed by atoms with van der Waals surface area (Å²) in [4.78, 5) is 46.8. The van der Waals surface area contributed by atoms with Crippen molar-refractivity contribution in [2.45, 2.75) is 50.5 Å². The van der Waals surface area contributed by atoms with E-state index in [0.717, 1.165) is 0 Å². The molecular weight excluding hydrogens is 494 g/mol. The second-order valence-electron chi connectivity index (χ2n) is 10.5. The van der Waals surface area contributed by atoms with Gasteiger partial charge in [0.05, 0.1) is 30.6 Å². The number of carbonyl (C=O) groups excluding carboxylic acids is 3. The Morgan fingerprint density at radius 2 is 1.86 bits per heavy atom. The number of ether oxygens (including phenoxy) is 1. The molecule has 2 unspecified atom stereocenters. The molecule has 1 aromatic rings. The normalized spacial score (nSPS) is 28.8. The fraction of sp³-hybridized carbons (Fsp3) is 0.536. The summed E-state index contributed by atoms with van der Waals surface area (Å²) in [6.07, 6.45) is 3.87. The van der Waals surface area contributed by atoms with Gasteiger partial charge in [-0.1, -0.05) is 37.6 Å². The van der Waals surface area contributed by atoms with Crippen LogP contribution in [0.15, 0.2) is 49.6 Å². The van der Waals surface area contributed by atoms with Crippen LogP contribution >= 0.6 is 11.6 Å². The van der Waals surface area contributed by atoms with Gasteiger partial charge in [-0.15, -0.1) is 13.2 Å². The highest BCUT2D eigenvalue weighted by Crippen LogP contribution is 2.59. The van der Waals surface area contributed by atoms with Crippen molar-refractivity contribution in [1.29, 1.82) is 0 Å². The van der Waals surface area contributed by atoms with E-state index in [9.17, 15) is 19.5 Å². The molecule has 0 saturated carbocycles. The molecule has 0 radical (unpaired) electrons. The average molecular weight is 530 g/mol. The zero-order chi connectivity index (χ0) is 27.1. The van der Waals surface area contributed by atoms with Crippen LogP contribution in [0.3, 0.4) is 0 Å². The van der Waals surface area contributed by atoms with Gasteiger partial charge < -0.3 is 24.5 Å². The number of rotatable bonds is 10. The van der Waals surface area contributed by atoms with E-state index in [0.29, 0.717) is 30.1 Å².